The molecule has 3 aromatic rings. The van der Waals surface area contributed by atoms with Crippen molar-refractivity contribution in [3.63, 3.8) is 0 Å². The highest BCUT2D eigenvalue weighted by Gasteiger charge is 2.34. The van der Waals surface area contributed by atoms with Crippen LogP contribution in [0.5, 0.6) is 0 Å². The van der Waals surface area contributed by atoms with Gasteiger partial charge in [-0.15, -0.1) is 0 Å². The van der Waals surface area contributed by atoms with Gasteiger partial charge in [-0.3, -0.25) is 14.4 Å². The lowest BCUT2D eigenvalue weighted by molar-refractivity contribution is -0.146. The Bertz CT molecular complexity index is 1480. The molecule has 0 spiro atoms. The number of nitrogens with one attached hydrogen (secondary N) is 2. The maximum atomic E-state index is 13.5. The Morgan fingerprint density at radius 2 is 1.90 bits per heavy atom. The summed E-state index contributed by atoms with van der Waals surface area (Å²) in [5, 5.41) is 6.06. The fraction of sp³-hybridized carbons (Fsp3) is 0.393. The minimum Gasteiger partial charge on any atom is -0.491 e. The molecule has 3 amide bonds. The maximum Gasteiger partial charge on any atom is 0.294 e. The van der Waals surface area contributed by atoms with Crippen LogP contribution in [0.2, 0.25) is 5.02 Å². The summed E-state index contributed by atoms with van der Waals surface area (Å²) in [5.41, 5.74) is 1.48. The zero-order valence-electron chi connectivity index (χ0n) is 21.7. The number of nitrogens with zero attached hydrogens (tertiary/aromatic N) is 3. The van der Waals surface area contributed by atoms with E-state index in [2.05, 4.69) is 20.6 Å². The van der Waals surface area contributed by atoms with Crippen LogP contribution in [0.4, 0.5) is 11.5 Å². The third-order valence-corrected chi connectivity index (χ3v) is 7.67. The van der Waals surface area contributed by atoms with E-state index < -0.39 is 5.91 Å². The first-order valence-corrected chi connectivity index (χ1v) is 13.7. The van der Waals surface area contributed by atoms with Crippen molar-refractivity contribution in [3.05, 3.63) is 53.0 Å². The van der Waals surface area contributed by atoms with Gasteiger partial charge in [0.25, 0.3) is 5.91 Å². The standard InChI is InChI=1S/C28H28ClN5O6/c29-17-5-10-22(30-14-17)32-28(37)26-25(24-21(40-26)9-8-19(31-24)20-2-1-12-39-20)33-27(36)16-3-6-18(7-4-16)34-11-13-38-15-23(34)35/h2,5,8-10,14,16,18H,1,3-4,6-7,11-13,15H2,(H,33,36)(H,30,32,37)/t16-,18-. The summed E-state index contributed by atoms with van der Waals surface area (Å²) in [5.74, 6) is -0.256. The Labute approximate surface area is 234 Å². The zero-order chi connectivity index (χ0) is 27.6. The number of ether oxygens (including phenoxy) is 2. The molecular weight excluding hydrogens is 538 g/mol. The van der Waals surface area contributed by atoms with E-state index in [9.17, 15) is 14.4 Å². The van der Waals surface area contributed by atoms with Crippen molar-refractivity contribution in [2.75, 3.05) is 37.0 Å². The van der Waals surface area contributed by atoms with Crippen LogP contribution in [0.15, 0.2) is 41.0 Å². The molecule has 11 nitrogen and oxygen atoms in total. The topological polar surface area (TPSA) is 136 Å². The van der Waals surface area contributed by atoms with E-state index >= 15 is 0 Å². The van der Waals surface area contributed by atoms with Crippen molar-refractivity contribution in [2.24, 2.45) is 5.92 Å². The molecule has 40 heavy (non-hydrogen) atoms. The van der Waals surface area contributed by atoms with Crippen LogP contribution in [0.1, 0.15) is 48.4 Å². The largest absolute Gasteiger partial charge is 0.491 e. The lowest BCUT2D eigenvalue weighted by Crippen LogP contribution is -2.49. The molecule has 208 valence electrons. The first kappa shape index (κ1) is 26.3. The van der Waals surface area contributed by atoms with Crippen molar-refractivity contribution in [3.8, 4) is 0 Å². The average Bonchev–Trinajstić information content (AvgIpc) is 3.63. The summed E-state index contributed by atoms with van der Waals surface area (Å²) in [4.78, 5) is 49.7. The van der Waals surface area contributed by atoms with Gasteiger partial charge < -0.3 is 29.4 Å². The fourth-order valence-corrected chi connectivity index (χ4v) is 5.51. The van der Waals surface area contributed by atoms with E-state index in [1.54, 1.807) is 24.3 Å². The van der Waals surface area contributed by atoms with Crippen LogP contribution in [-0.2, 0) is 19.1 Å². The summed E-state index contributed by atoms with van der Waals surface area (Å²) in [6.45, 7) is 1.80. The third-order valence-electron chi connectivity index (χ3n) is 7.45. The summed E-state index contributed by atoms with van der Waals surface area (Å²) in [7, 11) is 0. The second-order valence-electron chi connectivity index (χ2n) is 10.0. The van der Waals surface area contributed by atoms with Gasteiger partial charge in [0.15, 0.2) is 5.58 Å². The second kappa shape index (κ2) is 11.3. The van der Waals surface area contributed by atoms with E-state index in [-0.39, 0.29) is 47.6 Å². The Balaban J connectivity index is 1.24. The molecule has 12 heteroatoms. The fourth-order valence-electron chi connectivity index (χ4n) is 5.40. The zero-order valence-corrected chi connectivity index (χ0v) is 22.4. The minimum absolute atomic E-state index is 0.00177. The van der Waals surface area contributed by atoms with Gasteiger partial charge in [0.05, 0.1) is 18.2 Å². The van der Waals surface area contributed by atoms with E-state index in [4.69, 9.17) is 25.5 Å². The number of amides is 3. The molecular formula is C28H28ClN5O6. The number of pyridine rings is 2. The highest BCUT2D eigenvalue weighted by atomic mass is 35.5. The highest BCUT2D eigenvalue weighted by Crippen LogP contribution is 2.35. The molecule has 3 aromatic heterocycles. The monoisotopic (exact) mass is 565 g/mol. The smallest absolute Gasteiger partial charge is 0.294 e. The molecule has 1 aliphatic carbocycles. The number of halogens is 1. The Kier molecular flexibility index (Phi) is 7.40. The highest BCUT2D eigenvalue weighted by molar-refractivity contribution is 6.30. The van der Waals surface area contributed by atoms with Crippen molar-refractivity contribution in [2.45, 2.75) is 38.1 Å². The summed E-state index contributed by atoms with van der Waals surface area (Å²) >= 11 is 5.91. The lowest BCUT2D eigenvalue weighted by atomic mass is 9.84. The molecule has 0 atom stereocenters. The summed E-state index contributed by atoms with van der Waals surface area (Å²) in [6.07, 6.45) is 6.83. The van der Waals surface area contributed by atoms with Gasteiger partial charge in [0, 0.05) is 31.1 Å². The number of furan rings is 1. The number of carbonyl (C=O) groups excluding carboxylic acids is 3. The molecule has 2 fully saturated rings. The van der Waals surface area contributed by atoms with Gasteiger partial charge in [-0.2, -0.15) is 0 Å². The molecule has 6 rings (SSSR count). The van der Waals surface area contributed by atoms with Gasteiger partial charge >= 0.3 is 0 Å². The van der Waals surface area contributed by atoms with Crippen molar-refractivity contribution < 1.29 is 28.3 Å². The lowest BCUT2D eigenvalue weighted by Gasteiger charge is -2.38. The van der Waals surface area contributed by atoms with Crippen LogP contribution in [0.3, 0.4) is 0 Å². The number of anilines is 2. The van der Waals surface area contributed by atoms with E-state index in [0.29, 0.717) is 60.2 Å². The van der Waals surface area contributed by atoms with E-state index in [1.165, 1.54) is 6.20 Å². The number of morpholine rings is 1. The average molecular weight is 566 g/mol. The molecule has 1 saturated carbocycles. The summed E-state index contributed by atoms with van der Waals surface area (Å²) in [6, 6.07) is 6.74. The van der Waals surface area contributed by atoms with Crippen LogP contribution >= 0.6 is 11.6 Å². The van der Waals surface area contributed by atoms with Crippen LogP contribution in [0.25, 0.3) is 16.9 Å². The number of fused-ring (bicyclic) bond motifs is 1. The molecule has 0 bridgehead atoms. The predicted octanol–water partition coefficient (Wildman–Crippen LogP) is 4.25. The SMILES string of the molecule is O=C(Nc1ccc(Cl)cn1)c1oc2ccc(C3=CCCO3)nc2c1NC(=O)[C@H]1CC[C@H](N2CCOCC2=O)CC1. The van der Waals surface area contributed by atoms with Crippen LogP contribution in [-0.4, -0.2) is 65.0 Å². The first-order chi connectivity index (χ1) is 19.5. The Morgan fingerprint density at radius 1 is 1.05 bits per heavy atom. The van der Waals surface area contributed by atoms with Gasteiger partial charge in [-0.1, -0.05) is 11.6 Å². The van der Waals surface area contributed by atoms with Crippen LogP contribution in [0, 0.1) is 5.92 Å². The first-order valence-electron chi connectivity index (χ1n) is 13.3. The van der Waals surface area contributed by atoms with Crippen molar-refractivity contribution >= 4 is 57.7 Å². The van der Waals surface area contributed by atoms with E-state index in [1.807, 2.05) is 11.0 Å². The van der Waals surface area contributed by atoms with Crippen LogP contribution < -0.4 is 10.6 Å². The normalized spacial score (nSPS) is 21.2. The molecule has 2 N–H and O–H groups in total. The molecule has 0 radical (unpaired) electrons. The number of aromatic nitrogens is 2. The van der Waals surface area contributed by atoms with Gasteiger partial charge in [0.1, 0.15) is 35.1 Å². The molecule has 2 aliphatic heterocycles. The number of hydrogen-bond donors (Lipinski definition) is 2. The number of rotatable bonds is 6. The van der Waals surface area contributed by atoms with Crippen molar-refractivity contribution in [1.82, 2.24) is 14.9 Å². The van der Waals surface area contributed by atoms with Gasteiger partial charge in [-0.25, -0.2) is 9.97 Å². The summed E-state index contributed by atoms with van der Waals surface area (Å²) < 4.78 is 16.8. The van der Waals surface area contributed by atoms with E-state index in [0.717, 1.165) is 19.3 Å². The quantitative estimate of drug-likeness (QED) is 0.453. The maximum absolute atomic E-state index is 13.5. The molecule has 1 saturated heterocycles. The predicted molar refractivity (Wildman–Crippen MR) is 147 cm³/mol. The molecule has 0 aromatic carbocycles. The number of carbonyl (C=O) groups is 3. The molecule has 0 unspecified atom stereocenters. The number of hydrogen-bond acceptors (Lipinski definition) is 8. The third kappa shape index (κ3) is 5.39. The van der Waals surface area contributed by atoms with Gasteiger partial charge in [0.2, 0.25) is 17.6 Å². The Morgan fingerprint density at radius 3 is 2.62 bits per heavy atom. The van der Waals surface area contributed by atoms with Gasteiger partial charge in [-0.05, 0) is 56.0 Å². The van der Waals surface area contributed by atoms with Crippen molar-refractivity contribution in [1.29, 1.82) is 0 Å². The molecule has 5 heterocycles. The Hall–Kier alpha value is -3.96. The molecule has 3 aliphatic rings. The minimum atomic E-state index is -0.587. The second-order valence-corrected chi connectivity index (χ2v) is 10.4.